The predicted octanol–water partition coefficient (Wildman–Crippen LogP) is 3.41. The first kappa shape index (κ1) is 14.0. The zero-order valence-electron chi connectivity index (χ0n) is 11.6. The van der Waals surface area contributed by atoms with Gasteiger partial charge >= 0.3 is 0 Å². The van der Waals surface area contributed by atoms with Crippen LogP contribution in [0.4, 0.5) is 8.78 Å². The molecule has 2 nitrogen and oxygen atoms in total. The fraction of sp³-hybridized carbons (Fsp3) is 0.625. The molecule has 0 spiro atoms. The molecule has 0 aromatic heterocycles. The van der Waals surface area contributed by atoms with E-state index < -0.39 is 23.3 Å². The number of likely N-dealkylation sites (tertiary alicyclic amines) is 1. The maximum absolute atomic E-state index is 14.0. The summed E-state index contributed by atoms with van der Waals surface area (Å²) < 4.78 is 27.4. The number of benzene rings is 1. The summed E-state index contributed by atoms with van der Waals surface area (Å²) in [7, 11) is 0. The third-order valence-electron chi connectivity index (χ3n) is 4.99. The molecule has 0 amide bonds. The lowest BCUT2D eigenvalue weighted by Crippen LogP contribution is -2.50. The van der Waals surface area contributed by atoms with E-state index in [4.69, 9.17) is 0 Å². The molecule has 20 heavy (non-hydrogen) atoms. The Kier molecular flexibility index (Phi) is 3.78. The zero-order valence-corrected chi connectivity index (χ0v) is 11.6. The smallest absolute Gasteiger partial charge is 0.164 e. The van der Waals surface area contributed by atoms with Crippen LogP contribution in [-0.2, 0) is 0 Å². The normalized spacial score (nSPS) is 24.1. The Morgan fingerprint density at radius 1 is 1.05 bits per heavy atom. The molecule has 110 valence electrons. The second kappa shape index (κ2) is 5.41. The summed E-state index contributed by atoms with van der Waals surface area (Å²) in [6, 6.07) is 4.09. The number of hydrogen-bond acceptors (Lipinski definition) is 2. The zero-order chi connectivity index (χ0) is 14.2. The molecule has 1 unspecified atom stereocenters. The van der Waals surface area contributed by atoms with Crippen LogP contribution in [0, 0.1) is 11.6 Å². The minimum Gasteiger partial charge on any atom is -0.386 e. The molecule has 1 N–H and O–H groups in total. The van der Waals surface area contributed by atoms with Crippen LogP contribution in [0.2, 0.25) is 0 Å². The second-order valence-electron chi connectivity index (χ2n) is 6.05. The fourth-order valence-corrected chi connectivity index (χ4v) is 3.93. The molecule has 0 radical (unpaired) electrons. The van der Waals surface area contributed by atoms with Crippen molar-refractivity contribution < 1.29 is 13.9 Å². The molecule has 2 fully saturated rings. The lowest BCUT2D eigenvalue weighted by atomic mass is 9.84. The molecule has 1 saturated heterocycles. The van der Waals surface area contributed by atoms with E-state index in [0.717, 1.165) is 57.7 Å². The van der Waals surface area contributed by atoms with Crippen molar-refractivity contribution in [3.63, 3.8) is 0 Å². The van der Waals surface area contributed by atoms with Gasteiger partial charge in [0.05, 0.1) is 5.54 Å². The topological polar surface area (TPSA) is 23.5 Å². The van der Waals surface area contributed by atoms with E-state index in [1.54, 1.807) is 0 Å². The Balaban J connectivity index is 1.96. The average Bonchev–Trinajstić information content (AvgIpc) is 3.12. The third-order valence-corrected chi connectivity index (χ3v) is 4.99. The van der Waals surface area contributed by atoms with E-state index in [-0.39, 0.29) is 5.56 Å². The highest BCUT2D eigenvalue weighted by atomic mass is 19.2. The van der Waals surface area contributed by atoms with Crippen molar-refractivity contribution in [2.24, 2.45) is 0 Å². The first-order valence-corrected chi connectivity index (χ1v) is 7.52. The number of aliphatic hydroxyl groups is 1. The summed E-state index contributed by atoms with van der Waals surface area (Å²) in [5, 5.41) is 10.8. The fourth-order valence-electron chi connectivity index (χ4n) is 3.93. The maximum Gasteiger partial charge on any atom is 0.164 e. The van der Waals surface area contributed by atoms with Gasteiger partial charge in [0.2, 0.25) is 0 Å². The van der Waals surface area contributed by atoms with Gasteiger partial charge in [-0.2, -0.15) is 0 Å². The van der Waals surface area contributed by atoms with Gasteiger partial charge in [0.25, 0.3) is 0 Å². The van der Waals surface area contributed by atoms with Crippen molar-refractivity contribution in [2.75, 3.05) is 13.1 Å². The van der Waals surface area contributed by atoms with Gasteiger partial charge in [0.15, 0.2) is 11.6 Å². The van der Waals surface area contributed by atoms with Crippen LogP contribution in [0.25, 0.3) is 0 Å². The maximum atomic E-state index is 14.0. The molecule has 1 atom stereocenters. The molecule has 3 rings (SSSR count). The van der Waals surface area contributed by atoms with E-state index in [1.165, 1.54) is 12.1 Å². The van der Waals surface area contributed by atoms with Crippen LogP contribution in [-0.4, -0.2) is 28.6 Å². The molecular weight excluding hydrogens is 260 g/mol. The Labute approximate surface area is 118 Å². The first-order valence-electron chi connectivity index (χ1n) is 7.52. The van der Waals surface area contributed by atoms with E-state index >= 15 is 0 Å². The van der Waals surface area contributed by atoms with E-state index in [2.05, 4.69) is 4.90 Å². The Hall–Kier alpha value is -1.00. The number of hydrogen-bond donors (Lipinski definition) is 1. The molecule has 4 heteroatoms. The SMILES string of the molecule is OC(c1cccc(F)c1F)C1(N2CCCC2)CCCC1. The number of rotatable bonds is 3. The van der Waals surface area contributed by atoms with Crippen molar-refractivity contribution in [1.82, 2.24) is 4.90 Å². The average molecular weight is 281 g/mol. The first-order chi connectivity index (χ1) is 9.65. The Morgan fingerprint density at radius 2 is 1.70 bits per heavy atom. The van der Waals surface area contributed by atoms with E-state index in [0.29, 0.717) is 0 Å². The van der Waals surface area contributed by atoms with Gasteiger partial charge in [0.1, 0.15) is 6.10 Å². The summed E-state index contributed by atoms with van der Waals surface area (Å²) in [6.07, 6.45) is 5.13. The summed E-state index contributed by atoms with van der Waals surface area (Å²) in [6.45, 7) is 1.90. The monoisotopic (exact) mass is 281 g/mol. The highest BCUT2D eigenvalue weighted by Crippen LogP contribution is 2.46. The quantitative estimate of drug-likeness (QED) is 0.918. The van der Waals surface area contributed by atoms with Crippen LogP contribution >= 0.6 is 0 Å². The van der Waals surface area contributed by atoms with Crippen molar-refractivity contribution in [2.45, 2.75) is 50.2 Å². The summed E-state index contributed by atoms with van der Waals surface area (Å²) >= 11 is 0. The predicted molar refractivity (Wildman–Crippen MR) is 73.3 cm³/mol. The molecule has 1 heterocycles. The summed E-state index contributed by atoms with van der Waals surface area (Å²) in [5.41, 5.74) is -0.288. The van der Waals surface area contributed by atoms with Crippen LogP contribution in [0.15, 0.2) is 18.2 Å². The Bertz CT molecular complexity index is 479. The van der Waals surface area contributed by atoms with Gasteiger partial charge in [-0.3, -0.25) is 4.90 Å². The summed E-state index contributed by atoms with van der Waals surface area (Å²) in [4.78, 5) is 2.30. The van der Waals surface area contributed by atoms with E-state index in [1.807, 2.05) is 0 Å². The minimum absolute atomic E-state index is 0.110. The molecular formula is C16H21F2NO. The minimum atomic E-state index is -0.946. The molecule has 1 aliphatic heterocycles. The lowest BCUT2D eigenvalue weighted by molar-refractivity contribution is -0.0216. The van der Waals surface area contributed by atoms with Crippen LogP contribution in [0.3, 0.4) is 0 Å². The van der Waals surface area contributed by atoms with Crippen LogP contribution < -0.4 is 0 Å². The highest BCUT2D eigenvalue weighted by molar-refractivity contribution is 5.25. The molecule has 1 aromatic rings. The third kappa shape index (κ3) is 2.15. The molecule has 0 bridgehead atoms. The molecule has 1 aromatic carbocycles. The van der Waals surface area contributed by atoms with Gasteiger partial charge < -0.3 is 5.11 Å². The standard InChI is InChI=1S/C16H21F2NO/c17-13-7-5-6-12(14(13)18)15(20)16(8-1-2-9-16)19-10-3-4-11-19/h5-7,15,20H,1-4,8-11H2. The van der Waals surface area contributed by atoms with Crippen molar-refractivity contribution in [1.29, 1.82) is 0 Å². The van der Waals surface area contributed by atoms with Crippen molar-refractivity contribution in [3.05, 3.63) is 35.4 Å². The van der Waals surface area contributed by atoms with Crippen molar-refractivity contribution >= 4 is 0 Å². The number of halogens is 2. The second-order valence-corrected chi connectivity index (χ2v) is 6.05. The molecule has 2 aliphatic rings. The van der Waals surface area contributed by atoms with E-state index in [9.17, 15) is 13.9 Å². The number of aliphatic hydroxyl groups excluding tert-OH is 1. The van der Waals surface area contributed by atoms with Gasteiger partial charge in [-0.05, 0) is 44.8 Å². The summed E-state index contributed by atoms with van der Waals surface area (Å²) in [5.74, 6) is -1.78. The Morgan fingerprint density at radius 3 is 2.35 bits per heavy atom. The highest BCUT2D eigenvalue weighted by Gasteiger charge is 2.47. The van der Waals surface area contributed by atoms with Gasteiger partial charge in [-0.15, -0.1) is 0 Å². The largest absolute Gasteiger partial charge is 0.386 e. The van der Waals surface area contributed by atoms with Crippen LogP contribution in [0.5, 0.6) is 0 Å². The van der Waals surface area contributed by atoms with Gasteiger partial charge in [-0.1, -0.05) is 25.0 Å². The van der Waals surface area contributed by atoms with Crippen molar-refractivity contribution in [3.8, 4) is 0 Å². The van der Waals surface area contributed by atoms with Gasteiger partial charge in [-0.25, -0.2) is 8.78 Å². The molecule has 1 saturated carbocycles. The number of nitrogens with zero attached hydrogens (tertiary/aromatic N) is 1. The lowest BCUT2D eigenvalue weighted by Gasteiger charge is -2.43. The molecule has 1 aliphatic carbocycles. The van der Waals surface area contributed by atoms with Gasteiger partial charge in [0, 0.05) is 5.56 Å². The van der Waals surface area contributed by atoms with Crippen LogP contribution in [0.1, 0.15) is 50.2 Å².